The molecule has 0 heterocycles. The van der Waals surface area contributed by atoms with Crippen LogP contribution in [0.4, 0.5) is 5.69 Å². The molecule has 0 saturated heterocycles. The van der Waals surface area contributed by atoms with Crippen LogP contribution in [0.5, 0.6) is 0 Å². The van der Waals surface area contributed by atoms with Gasteiger partial charge < -0.3 is 10.6 Å². The number of rotatable bonds is 4. The minimum atomic E-state index is -0.0770. The highest BCUT2D eigenvalue weighted by Crippen LogP contribution is 2.22. The number of carbonyl (C=O) groups excluding carboxylic acids is 1. The molecule has 0 aromatic heterocycles. The highest BCUT2D eigenvalue weighted by Gasteiger charge is 2.11. The van der Waals surface area contributed by atoms with Crippen LogP contribution in [0.1, 0.15) is 38.8 Å². The zero-order chi connectivity index (χ0) is 14.4. The van der Waals surface area contributed by atoms with E-state index < -0.39 is 0 Å². The van der Waals surface area contributed by atoms with Crippen LogP contribution in [0, 0.1) is 5.92 Å². The van der Waals surface area contributed by atoms with Gasteiger partial charge in [-0.1, -0.05) is 45.9 Å². The van der Waals surface area contributed by atoms with Crippen molar-refractivity contribution < 1.29 is 4.79 Å². The summed E-state index contributed by atoms with van der Waals surface area (Å²) in [6.07, 6.45) is 1.85. The van der Waals surface area contributed by atoms with Crippen molar-refractivity contribution in [3.8, 4) is 0 Å². The maximum Gasteiger partial charge on any atom is 0.228 e. The Labute approximate surface area is 120 Å². The number of amides is 1. The Morgan fingerprint density at radius 2 is 1.74 bits per heavy atom. The normalized spacial score (nSPS) is 10.4. The average Bonchev–Trinajstić information content (AvgIpc) is 2.38. The molecule has 0 aliphatic carbocycles. The number of nitrogens with one attached hydrogen (secondary N) is 2. The van der Waals surface area contributed by atoms with Crippen molar-refractivity contribution in [1.29, 1.82) is 0 Å². The second-order valence-corrected chi connectivity index (χ2v) is 5.16. The van der Waals surface area contributed by atoms with Crippen LogP contribution in [0.25, 0.3) is 0 Å². The summed E-state index contributed by atoms with van der Waals surface area (Å²) in [7, 11) is 0. The van der Waals surface area contributed by atoms with Crippen molar-refractivity contribution >= 4 is 28.9 Å². The third-order valence-electron chi connectivity index (χ3n) is 3.00. The van der Waals surface area contributed by atoms with Crippen LogP contribution in [0.2, 0.25) is 0 Å². The van der Waals surface area contributed by atoms with Gasteiger partial charge in [-0.25, -0.2) is 0 Å². The molecule has 1 aromatic carbocycles. The number of hydrogen-bond acceptors (Lipinski definition) is 2. The lowest BCUT2D eigenvalue weighted by Crippen LogP contribution is -2.37. The van der Waals surface area contributed by atoms with Gasteiger partial charge in [-0.05, 0) is 36.2 Å². The molecule has 4 heteroatoms. The molecule has 0 fully saturated rings. The first-order valence-electron chi connectivity index (χ1n) is 6.72. The number of anilines is 1. The van der Waals surface area contributed by atoms with Gasteiger partial charge in [0.15, 0.2) is 5.11 Å². The molecular formula is C15H22N2OS. The molecule has 0 spiro atoms. The molecular weight excluding hydrogens is 256 g/mol. The summed E-state index contributed by atoms with van der Waals surface area (Å²) in [6, 6.07) is 6.21. The summed E-state index contributed by atoms with van der Waals surface area (Å²) in [4.78, 5) is 11.6. The zero-order valence-corrected chi connectivity index (χ0v) is 12.9. The number of para-hydroxylation sites is 1. The molecule has 3 nitrogen and oxygen atoms in total. The highest BCUT2D eigenvalue weighted by atomic mass is 32.1. The van der Waals surface area contributed by atoms with Gasteiger partial charge >= 0.3 is 0 Å². The van der Waals surface area contributed by atoms with E-state index in [1.54, 1.807) is 0 Å². The van der Waals surface area contributed by atoms with E-state index in [-0.39, 0.29) is 11.8 Å². The first-order chi connectivity index (χ1) is 8.99. The van der Waals surface area contributed by atoms with Crippen LogP contribution < -0.4 is 10.6 Å². The van der Waals surface area contributed by atoms with Gasteiger partial charge in [0, 0.05) is 11.6 Å². The lowest BCUT2D eigenvalue weighted by atomic mass is 10.0. The summed E-state index contributed by atoms with van der Waals surface area (Å²) < 4.78 is 0. The van der Waals surface area contributed by atoms with Crippen molar-refractivity contribution in [3.63, 3.8) is 0 Å². The fourth-order valence-electron chi connectivity index (χ4n) is 1.80. The summed E-state index contributed by atoms with van der Waals surface area (Å²) in [6.45, 7) is 7.90. The molecule has 1 amide bonds. The summed E-state index contributed by atoms with van der Waals surface area (Å²) >= 11 is 5.20. The Morgan fingerprint density at radius 3 is 2.16 bits per heavy atom. The van der Waals surface area contributed by atoms with Crippen molar-refractivity contribution in [2.24, 2.45) is 5.92 Å². The second kappa shape index (κ2) is 7.24. The summed E-state index contributed by atoms with van der Waals surface area (Å²) in [5.74, 6) is -0.142. The number of hydrogen-bond donors (Lipinski definition) is 2. The van der Waals surface area contributed by atoms with Crippen molar-refractivity contribution in [2.45, 2.75) is 40.5 Å². The number of benzene rings is 1. The van der Waals surface area contributed by atoms with Crippen molar-refractivity contribution in [3.05, 3.63) is 29.3 Å². The highest BCUT2D eigenvalue weighted by molar-refractivity contribution is 7.80. The summed E-state index contributed by atoms with van der Waals surface area (Å²) in [5, 5.41) is 6.25. The van der Waals surface area contributed by atoms with Gasteiger partial charge in [-0.15, -0.1) is 0 Å². The van der Waals surface area contributed by atoms with Crippen LogP contribution in [-0.2, 0) is 17.6 Å². The third kappa shape index (κ3) is 4.31. The molecule has 19 heavy (non-hydrogen) atoms. The van der Waals surface area contributed by atoms with E-state index in [0.29, 0.717) is 5.11 Å². The quantitative estimate of drug-likeness (QED) is 0.830. The smallest absolute Gasteiger partial charge is 0.228 e. The first kappa shape index (κ1) is 15.6. The molecule has 1 aromatic rings. The minimum Gasteiger partial charge on any atom is -0.332 e. The number of thiocarbonyl (C=S) groups is 1. The lowest BCUT2D eigenvalue weighted by molar-refractivity contribution is -0.122. The zero-order valence-electron chi connectivity index (χ0n) is 12.0. The molecule has 0 unspecified atom stereocenters. The molecule has 0 aliphatic heterocycles. The predicted octanol–water partition coefficient (Wildman–Crippen LogP) is 3.28. The molecule has 0 saturated carbocycles. The fraction of sp³-hybridized carbons (Fsp3) is 0.467. The second-order valence-electron chi connectivity index (χ2n) is 4.76. The lowest BCUT2D eigenvalue weighted by Gasteiger charge is -2.17. The SMILES string of the molecule is CCc1cccc(CC)c1NC(=S)NC(=O)C(C)C. The topological polar surface area (TPSA) is 41.1 Å². The molecule has 2 N–H and O–H groups in total. The van der Waals surface area contributed by atoms with Gasteiger partial charge in [0.2, 0.25) is 5.91 Å². The van der Waals surface area contributed by atoms with Gasteiger partial charge in [-0.2, -0.15) is 0 Å². The van der Waals surface area contributed by atoms with Crippen LogP contribution in [0.15, 0.2) is 18.2 Å². The molecule has 1 rings (SSSR count). The van der Waals surface area contributed by atoms with Crippen molar-refractivity contribution in [2.75, 3.05) is 5.32 Å². The average molecular weight is 278 g/mol. The number of carbonyl (C=O) groups is 1. The number of aryl methyl sites for hydroxylation is 2. The molecule has 0 atom stereocenters. The van der Waals surface area contributed by atoms with Gasteiger partial charge in [0.1, 0.15) is 0 Å². The Kier molecular flexibility index (Phi) is 5.96. The Balaban J connectivity index is 2.86. The standard InChI is InChI=1S/C15H22N2OS/c1-5-11-8-7-9-12(6-2)13(11)16-15(19)17-14(18)10(3)4/h7-10H,5-6H2,1-4H3,(H2,16,17,18,19). The Bertz CT molecular complexity index is 447. The maximum atomic E-state index is 11.6. The van der Waals surface area contributed by atoms with E-state index in [0.717, 1.165) is 18.5 Å². The predicted molar refractivity (Wildman–Crippen MR) is 84.4 cm³/mol. The van der Waals surface area contributed by atoms with Gasteiger partial charge in [0.05, 0.1) is 0 Å². The van der Waals surface area contributed by atoms with Crippen LogP contribution >= 0.6 is 12.2 Å². The Morgan fingerprint density at radius 1 is 1.21 bits per heavy atom. The fourth-order valence-corrected chi connectivity index (χ4v) is 2.01. The molecule has 0 bridgehead atoms. The maximum absolute atomic E-state index is 11.6. The van der Waals surface area contributed by atoms with E-state index in [1.807, 2.05) is 13.8 Å². The van der Waals surface area contributed by atoms with Crippen LogP contribution in [0.3, 0.4) is 0 Å². The first-order valence-corrected chi connectivity index (χ1v) is 7.13. The largest absolute Gasteiger partial charge is 0.332 e. The molecule has 104 valence electrons. The van der Waals surface area contributed by atoms with E-state index in [9.17, 15) is 4.79 Å². The van der Waals surface area contributed by atoms with Crippen LogP contribution in [-0.4, -0.2) is 11.0 Å². The monoisotopic (exact) mass is 278 g/mol. The van der Waals surface area contributed by atoms with Crippen molar-refractivity contribution in [1.82, 2.24) is 5.32 Å². The van der Waals surface area contributed by atoms with Gasteiger partial charge in [0.25, 0.3) is 0 Å². The van der Waals surface area contributed by atoms with E-state index in [1.165, 1.54) is 11.1 Å². The van der Waals surface area contributed by atoms with E-state index >= 15 is 0 Å². The summed E-state index contributed by atoms with van der Waals surface area (Å²) in [5.41, 5.74) is 3.45. The van der Waals surface area contributed by atoms with Gasteiger partial charge in [-0.3, -0.25) is 4.79 Å². The molecule has 0 aliphatic rings. The minimum absolute atomic E-state index is 0.0653. The van der Waals surface area contributed by atoms with E-state index in [2.05, 4.69) is 42.7 Å². The third-order valence-corrected chi connectivity index (χ3v) is 3.20. The van der Waals surface area contributed by atoms with E-state index in [4.69, 9.17) is 12.2 Å². The molecule has 0 radical (unpaired) electrons. The Hall–Kier alpha value is -1.42.